The summed E-state index contributed by atoms with van der Waals surface area (Å²) in [6.45, 7) is 0. The van der Waals surface area contributed by atoms with Crippen molar-refractivity contribution in [3.05, 3.63) is 96.1 Å². The minimum absolute atomic E-state index is 0.225. The van der Waals surface area contributed by atoms with Gasteiger partial charge < -0.3 is 4.90 Å². The van der Waals surface area contributed by atoms with Crippen LogP contribution in [0.25, 0.3) is 0 Å². The van der Waals surface area contributed by atoms with Crippen molar-refractivity contribution in [2.24, 2.45) is 5.10 Å². The zero-order valence-electron chi connectivity index (χ0n) is 14.0. The molecule has 4 heteroatoms. The number of benzene rings is 3. The smallest absolute Gasteiger partial charge is 0.271 e. The van der Waals surface area contributed by atoms with E-state index in [9.17, 15) is 4.79 Å². The van der Waals surface area contributed by atoms with Crippen LogP contribution in [-0.4, -0.2) is 19.2 Å². The number of hydrogen-bond donors (Lipinski definition) is 1. The normalized spacial score (nSPS) is 10.6. The van der Waals surface area contributed by atoms with Crippen LogP contribution in [0.5, 0.6) is 0 Å². The average molecular weight is 329 g/mol. The van der Waals surface area contributed by atoms with Crippen LogP contribution >= 0.6 is 0 Å². The van der Waals surface area contributed by atoms with E-state index in [2.05, 4.69) is 27.6 Å². The Hall–Kier alpha value is -3.40. The number of rotatable bonds is 5. The predicted molar refractivity (Wildman–Crippen MR) is 102 cm³/mol. The topological polar surface area (TPSA) is 44.7 Å². The minimum Gasteiger partial charge on any atom is -0.345 e. The number of carbonyl (C=O) groups is 1. The van der Waals surface area contributed by atoms with Crippen molar-refractivity contribution in [2.45, 2.75) is 0 Å². The molecule has 0 aliphatic carbocycles. The van der Waals surface area contributed by atoms with Gasteiger partial charge in [0, 0.05) is 24.0 Å². The summed E-state index contributed by atoms with van der Waals surface area (Å²) in [5, 5.41) is 4.01. The van der Waals surface area contributed by atoms with Gasteiger partial charge in [-0.3, -0.25) is 4.79 Å². The molecule has 0 aromatic heterocycles. The first-order chi connectivity index (χ1) is 12.2. The van der Waals surface area contributed by atoms with E-state index in [-0.39, 0.29) is 5.91 Å². The van der Waals surface area contributed by atoms with Crippen LogP contribution in [-0.2, 0) is 0 Å². The van der Waals surface area contributed by atoms with Crippen LogP contribution in [0.2, 0.25) is 0 Å². The first-order valence-corrected chi connectivity index (χ1v) is 8.01. The van der Waals surface area contributed by atoms with E-state index in [4.69, 9.17) is 0 Å². The van der Waals surface area contributed by atoms with Crippen molar-refractivity contribution in [3.8, 4) is 0 Å². The second kappa shape index (κ2) is 7.93. The van der Waals surface area contributed by atoms with E-state index in [1.165, 1.54) is 0 Å². The second-order valence-corrected chi connectivity index (χ2v) is 5.55. The second-order valence-electron chi connectivity index (χ2n) is 5.55. The van der Waals surface area contributed by atoms with Gasteiger partial charge >= 0.3 is 0 Å². The molecule has 0 bridgehead atoms. The van der Waals surface area contributed by atoms with E-state index in [0.29, 0.717) is 5.56 Å². The highest BCUT2D eigenvalue weighted by molar-refractivity contribution is 5.94. The summed E-state index contributed by atoms with van der Waals surface area (Å²) < 4.78 is 0. The Kier molecular flexibility index (Phi) is 5.22. The lowest BCUT2D eigenvalue weighted by Crippen LogP contribution is -2.17. The van der Waals surface area contributed by atoms with Crippen LogP contribution in [0.4, 0.5) is 11.4 Å². The molecule has 0 aliphatic rings. The van der Waals surface area contributed by atoms with E-state index in [1.54, 1.807) is 18.3 Å². The van der Waals surface area contributed by atoms with Crippen molar-refractivity contribution in [3.63, 3.8) is 0 Å². The molecule has 3 rings (SSSR count). The lowest BCUT2D eigenvalue weighted by molar-refractivity contribution is 0.0955. The molecule has 3 aromatic rings. The minimum atomic E-state index is -0.225. The van der Waals surface area contributed by atoms with Gasteiger partial charge in [-0.1, -0.05) is 48.5 Å². The summed E-state index contributed by atoms with van der Waals surface area (Å²) in [5.74, 6) is -0.225. The van der Waals surface area contributed by atoms with Crippen LogP contribution in [0.1, 0.15) is 15.9 Å². The Morgan fingerprint density at radius 2 is 1.40 bits per heavy atom. The molecule has 0 unspecified atom stereocenters. The lowest BCUT2D eigenvalue weighted by Gasteiger charge is -2.19. The Morgan fingerprint density at radius 3 is 2.04 bits per heavy atom. The standard InChI is InChI=1S/C21H19N3O/c1-24(19-10-6-3-7-11-19)20-14-12-17(13-15-20)16-22-23-21(25)18-8-4-2-5-9-18/h2-16H,1H3,(H,23,25). The number of para-hydroxylation sites is 1. The van der Waals surface area contributed by atoms with Gasteiger partial charge in [0.1, 0.15) is 0 Å². The van der Waals surface area contributed by atoms with Gasteiger partial charge in [0.2, 0.25) is 0 Å². The third-order valence-corrected chi connectivity index (χ3v) is 3.84. The molecule has 4 nitrogen and oxygen atoms in total. The summed E-state index contributed by atoms with van der Waals surface area (Å²) in [5.41, 5.74) is 6.23. The van der Waals surface area contributed by atoms with Gasteiger partial charge in [-0.25, -0.2) is 5.43 Å². The fourth-order valence-electron chi connectivity index (χ4n) is 2.40. The third-order valence-electron chi connectivity index (χ3n) is 3.84. The van der Waals surface area contributed by atoms with Gasteiger partial charge in [0.25, 0.3) is 5.91 Å². The Labute approximate surface area is 147 Å². The first kappa shape index (κ1) is 16.5. The van der Waals surface area contributed by atoms with Crippen LogP contribution in [0.3, 0.4) is 0 Å². The monoisotopic (exact) mass is 329 g/mol. The van der Waals surface area contributed by atoms with Crippen molar-refractivity contribution in [1.29, 1.82) is 0 Å². The SMILES string of the molecule is CN(c1ccccc1)c1ccc(C=NNC(=O)c2ccccc2)cc1. The molecule has 0 saturated heterocycles. The van der Waals surface area contributed by atoms with Gasteiger partial charge in [0.15, 0.2) is 0 Å². The Bertz CT molecular complexity index is 843. The molecule has 0 saturated carbocycles. The molecule has 1 N–H and O–H groups in total. The molecule has 25 heavy (non-hydrogen) atoms. The number of hydrogen-bond acceptors (Lipinski definition) is 3. The molecule has 0 aliphatic heterocycles. The predicted octanol–water partition coefficient (Wildman–Crippen LogP) is 4.22. The van der Waals surface area contributed by atoms with E-state index in [0.717, 1.165) is 16.9 Å². The molecule has 0 radical (unpaired) electrons. The van der Waals surface area contributed by atoms with Gasteiger partial charge in [-0.05, 0) is 42.0 Å². The lowest BCUT2D eigenvalue weighted by atomic mass is 10.2. The van der Waals surface area contributed by atoms with E-state index >= 15 is 0 Å². The molecule has 0 spiro atoms. The third kappa shape index (κ3) is 4.32. The summed E-state index contributed by atoms with van der Waals surface area (Å²) in [4.78, 5) is 14.0. The highest BCUT2D eigenvalue weighted by Gasteiger charge is 2.03. The fraction of sp³-hybridized carbons (Fsp3) is 0.0476. The summed E-state index contributed by atoms with van der Waals surface area (Å²) in [6.07, 6.45) is 1.63. The maximum absolute atomic E-state index is 11.9. The van der Waals surface area contributed by atoms with Crippen molar-refractivity contribution >= 4 is 23.5 Å². The van der Waals surface area contributed by atoms with E-state index in [1.807, 2.05) is 67.7 Å². The summed E-state index contributed by atoms with van der Waals surface area (Å²) >= 11 is 0. The molecular formula is C21H19N3O. The number of amides is 1. The van der Waals surface area contributed by atoms with Crippen LogP contribution in [0.15, 0.2) is 90.0 Å². The van der Waals surface area contributed by atoms with Crippen molar-refractivity contribution < 1.29 is 4.79 Å². The van der Waals surface area contributed by atoms with Crippen molar-refractivity contribution in [1.82, 2.24) is 5.43 Å². The van der Waals surface area contributed by atoms with Crippen LogP contribution in [0, 0.1) is 0 Å². The summed E-state index contributed by atoms with van der Waals surface area (Å²) in [7, 11) is 2.03. The molecule has 124 valence electrons. The Balaban J connectivity index is 1.62. The largest absolute Gasteiger partial charge is 0.345 e. The van der Waals surface area contributed by atoms with E-state index < -0.39 is 0 Å². The number of hydrazone groups is 1. The molecule has 0 heterocycles. The van der Waals surface area contributed by atoms with Crippen molar-refractivity contribution in [2.75, 3.05) is 11.9 Å². The fourth-order valence-corrected chi connectivity index (χ4v) is 2.40. The Morgan fingerprint density at radius 1 is 0.840 bits per heavy atom. The summed E-state index contributed by atoms with van der Waals surface area (Å²) in [6, 6.07) is 27.1. The molecule has 1 amide bonds. The molecule has 0 atom stereocenters. The zero-order chi connectivity index (χ0) is 17.5. The highest BCUT2D eigenvalue weighted by Crippen LogP contribution is 2.22. The molecular weight excluding hydrogens is 310 g/mol. The maximum atomic E-state index is 11.9. The van der Waals surface area contributed by atoms with Gasteiger partial charge in [0.05, 0.1) is 6.21 Å². The van der Waals surface area contributed by atoms with Gasteiger partial charge in [-0.2, -0.15) is 5.10 Å². The number of nitrogens with zero attached hydrogens (tertiary/aromatic N) is 2. The number of anilines is 2. The average Bonchev–Trinajstić information content (AvgIpc) is 2.69. The molecule has 3 aromatic carbocycles. The molecule has 0 fully saturated rings. The zero-order valence-corrected chi connectivity index (χ0v) is 14.0. The number of nitrogens with one attached hydrogen (secondary N) is 1. The highest BCUT2D eigenvalue weighted by atomic mass is 16.2. The first-order valence-electron chi connectivity index (χ1n) is 8.01. The quantitative estimate of drug-likeness (QED) is 0.563. The van der Waals surface area contributed by atoms with Gasteiger partial charge in [-0.15, -0.1) is 0 Å². The maximum Gasteiger partial charge on any atom is 0.271 e. The van der Waals surface area contributed by atoms with Crippen LogP contribution < -0.4 is 10.3 Å². The number of carbonyl (C=O) groups excluding carboxylic acids is 1.